The molecular formula is C15H16O6S. The first kappa shape index (κ1) is 16.1. The lowest BCUT2D eigenvalue weighted by atomic mass is 9.94. The minimum absolute atomic E-state index is 0. The predicted molar refractivity (Wildman–Crippen MR) is 83.0 cm³/mol. The molecule has 0 amide bonds. The summed E-state index contributed by atoms with van der Waals surface area (Å²) in [6, 6.07) is 6.67. The van der Waals surface area contributed by atoms with Gasteiger partial charge in [0.15, 0.2) is 11.5 Å². The number of phenolic OH excluding ortho intramolecular Hbond substituents is 4. The van der Waals surface area contributed by atoms with Crippen LogP contribution in [0.4, 0.5) is 0 Å². The fourth-order valence-corrected chi connectivity index (χ4v) is 2.47. The van der Waals surface area contributed by atoms with E-state index in [0.717, 1.165) is 0 Å². The number of phenols is 4. The summed E-state index contributed by atoms with van der Waals surface area (Å²) in [5.74, 6) is -0.589. The lowest BCUT2D eigenvalue weighted by Crippen LogP contribution is -2.30. The molecule has 0 aliphatic carbocycles. The lowest BCUT2D eigenvalue weighted by molar-refractivity contribution is 0.0197. The van der Waals surface area contributed by atoms with Crippen LogP contribution in [0.3, 0.4) is 0 Å². The molecule has 0 radical (unpaired) electrons. The van der Waals surface area contributed by atoms with Crippen molar-refractivity contribution in [2.75, 3.05) is 0 Å². The van der Waals surface area contributed by atoms with E-state index >= 15 is 0 Å². The van der Waals surface area contributed by atoms with Gasteiger partial charge in [0.05, 0.1) is 6.10 Å². The van der Waals surface area contributed by atoms with Gasteiger partial charge >= 0.3 is 0 Å². The molecule has 0 bridgehead atoms. The zero-order valence-corrected chi connectivity index (χ0v) is 12.4. The Morgan fingerprint density at radius 2 is 1.64 bits per heavy atom. The summed E-state index contributed by atoms with van der Waals surface area (Å²) in [7, 11) is 0. The van der Waals surface area contributed by atoms with Gasteiger partial charge < -0.3 is 30.3 Å². The predicted octanol–water partition coefficient (Wildman–Crippen LogP) is 1.66. The molecule has 3 rings (SSSR count). The fourth-order valence-electron chi connectivity index (χ4n) is 2.47. The highest BCUT2D eigenvalue weighted by molar-refractivity contribution is 7.59. The standard InChI is InChI=1S/C15H14O6.H2S/c16-8-4-11(18)9-6-13(20)15(21-14(9)5-8)7-1-2-10(17)12(19)3-7;/h1-5,13,15-20H,6H2;1H2/t13-,15-;/m1./s1. The maximum Gasteiger partial charge on any atom is 0.157 e. The van der Waals surface area contributed by atoms with E-state index in [-0.39, 0.29) is 48.7 Å². The molecule has 0 unspecified atom stereocenters. The normalized spacial score (nSPS) is 19.7. The molecule has 2 atom stereocenters. The molecule has 1 aliphatic heterocycles. The number of aromatic hydroxyl groups is 4. The third-order valence-corrected chi connectivity index (χ3v) is 3.51. The highest BCUT2D eigenvalue weighted by Gasteiger charge is 2.32. The van der Waals surface area contributed by atoms with Crippen LogP contribution in [-0.4, -0.2) is 31.6 Å². The molecule has 0 saturated heterocycles. The van der Waals surface area contributed by atoms with E-state index in [2.05, 4.69) is 0 Å². The van der Waals surface area contributed by atoms with Gasteiger partial charge in [-0.3, -0.25) is 0 Å². The van der Waals surface area contributed by atoms with Crippen LogP contribution in [-0.2, 0) is 6.42 Å². The lowest BCUT2D eigenvalue weighted by Gasteiger charge is -2.31. The first-order valence-corrected chi connectivity index (χ1v) is 6.37. The van der Waals surface area contributed by atoms with Gasteiger partial charge in [-0.2, -0.15) is 13.5 Å². The van der Waals surface area contributed by atoms with Crippen LogP contribution in [0.25, 0.3) is 0 Å². The Hall–Kier alpha value is -2.25. The van der Waals surface area contributed by atoms with Gasteiger partial charge in [0.2, 0.25) is 0 Å². The van der Waals surface area contributed by atoms with Crippen molar-refractivity contribution in [1.82, 2.24) is 0 Å². The highest BCUT2D eigenvalue weighted by atomic mass is 32.1. The average molecular weight is 324 g/mol. The number of aliphatic hydroxyl groups excluding tert-OH is 1. The van der Waals surface area contributed by atoms with Gasteiger partial charge in [0, 0.05) is 24.1 Å². The van der Waals surface area contributed by atoms with Crippen LogP contribution in [0, 0.1) is 0 Å². The number of hydrogen-bond acceptors (Lipinski definition) is 6. The minimum Gasteiger partial charge on any atom is -0.508 e. The zero-order valence-electron chi connectivity index (χ0n) is 11.4. The maximum absolute atomic E-state index is 10.2. The molecular weight excluding hydrogens is 308 g/mol. The van der Waals surface area contributed by atoms with E-state index in [1.165, 1.54) is 30.3 Å². The molecule has 5 N–H and O–H groups in total. The molecule has 0 fully saturated rings. The summed E-state index contributed by atoms with van der Waals surface area (Å²) in [6.45, 7) is 0. The van der Waals surface area contributed by atoms with E-state index in [4.69, 9.17) is 4.74 Å². The third kappa shape index (κ3) is 2.72. The van der Waals surface area contributed by atoms with Gasteiger partial charge in [0.25, 0.3) is 0 Å². The maximum atomic E-state index is 10.2. The second-order valence-electron chi connectivity index (χ2n) is 5.00. The van der Waals surface area contributed by atoms with Crippen LogP contribution < -0.4 is 4.74 Å². The zero-order chi connectivity index (χ0) is 15.1. The van der Waals surface area contributed by atoms with Gasteiger partial charge in [-0.25, -0.2) is 0 Å². The molecule has 1 heterocycles. The van der Waals surface area contributed by atoms with E-state index in [0.29, 0.717) is 11.1 Å². The van der Waals surface area contributed by atoms with Crippen molar-refractivity contribution in [3.63, 3.8) is 0 Å². The van der Waals surface area contributed by atoms with E-state index in [1.807, 2.05) is 0 Å². The minimum atomic E-state index is -0.933. The molecule has 2 aromatic rings. The monoisotopic (exact) mass is 324 g/mol. The first-order valence-electron chi connectivity index (χ1n) is 6.37. The molecule has 118 valence electrons. The van der Waals surface area contributed by atoms with Crippen LogP contribution in [0.15, 0.2) is 30.3 Å². The Kier molecular flexibility index (Phi) is 4.30. The van der Waals surface area contributed by atoms with Gasteiger partial charge in [0.1, 0.15) is 23.4 Å². The van der Waals surface area contributed by atoms with Crippen LogP contribution in [0.2, 0.25) is 0 Å². The molecule has 7 heteroatoms. The van der Waals surface area contributed by atoms with Crippen molar-refractivity contribution >= 4 is 13.5 Å². The molecule has 6 nitrogen and oxygen atoms in total. The van der Waals surface area contributed by atoms with Gasteiger partial charge in [-0.15, -0.1) is 0 Å². The first-order chi connectivity index (χ1) is 9.95. The highest BCUT2D eigenvalue weighted by Crippen LogP contribution is 2.42. The number of fused-ring (bicyclic) bond motifs is 1. The van der Waals surface area contributed by atoms with Crippen molar-refractivity contribution in [3.8, 4) is 28.7 Å². The fraction of sp³-hybridized carbons (Fsp3) is 0.200. The van der Waals surface area contributed by atoms with Gasteiger partial charge in [-0.05, 0) is 17.7 Å². The van der Waals surface area contributed by atoms with Crippen molar-refractivity contribution in [3.05, 3.63) is 41.5 Å². The van der Waals surface area contributed by atoms with Crippen molar-refractivity contribution < 1.29 is 30.3 Å². The summed E-state index contributed by atoms with van der Waals surface area (Å²) in [5, 5.41) is 48.3. The Morgan fingerprint density at radius 3 is 2.32 bits per heavy atom. The third-order valence-electron chi connectivity index (χ3n) is 3.51. The summed E-state index contributed by atoms with van der Waals surface area (Å²) in [4.78, 5) is 0. The second kappa shape index (κ2) is 5.86. The van der Waals surface area contributed by atoms with Crippen LogP contribution in [0.5, 0.6) is 28.7 Å². The number of ether oxygens (including phenoxy) is 1. The molecule has 22 heavy (non-hydrogen) atoms. The molecule has 2 aromatic carbocycles. The van der Waals surface area contributed by atoms with Crippen LogP contribution >= 0.6 is 13.5 Å². The number of hydrogen-bond donors (Lipinski definition) is 5. The smallest absolute Gasteiger partial charge is 0.157 e. The largest absolute Gasteiger partial charge is 0.508 e. The average Bonchev–Trinajstić information content (AvgIpc) is 2.42. The number of aliphatic hydroxyl groups is 1. The van der Waals surface area contributed by atoms with E-state index in [1.54, 1.807) is 0 Å². The second-order valence-corrected chi connectivity index (χ2v) is 5.00. The SMILES string of the molecule is Oc1cc(O)c2c(c1)O[C@H](c1ccc(O)c(O)c1)[C@H](O)C2.S. The molecule has 0 aromatic heterocycles. The van der Waals surface area contributed by atoms with E-state index < -0.39 is 12.2 Å². The van der Waals surface area contributed by atoms with Gasteiger partial charge in [-0.1, -0.05) is 6.07 Å². The quantitative estimate of drug-likeness (QED) is 0.510. The van der Waals surface area contributed by atoms with Crippen molar-refractivity contribution in [2.24, 2.45) is 0 Å². The van der Waals surface area contributed by atoms with Crippen molar-refractivity contribution in [2.45, 2.75) is 18.6 Å². The Morgan fingerprint density at radius 1 is 0.909 bits per heavy atom. The summed E-state index contributed by atoms with van der Waals surface area (Å²) >= 11 is 0. The number of rotatable bonds is 1. The van der Waals surface area contributed by atoms with Crippen molar-refractivity contribution in [1.29, 1.82) is 0 Å². The Bertz CT molecular complexity index is 703. The Labute approximate surface area is 133 Å². The summed E-state index contributed by atoms with van der Waals surface area (Å²) in [6.07, 6.45) is -1.56. The van der Waals surface area contributed by atoms with Crippen LogP contribution in [0.1, 0.15) is 17.2 Å². The summed E-state index contributed by atoms with van der Waals surface area (Å²) < 4.78 is 5.62. The molecule has 1 aliphatic rings. The topological polar surface area (TPSA) is 110 Å². The van der Waals surface area contributed by atoms with E-state index in [9.17, 15) is 25.5 Å². The molecule has 0 spiro atoms. The molecule has 0 saturated carbocycles. The summed E-state index contributed by atoms with van der Waals surface area (Å²) in [5.41, 5.74) is 0.894. The Balaban J connectivity index is 0.00000176. The number of benzene rings is 2.